The van der Waals surface area contributed by atoms with E-state index >= 15 is 0 Å². The zero-order valence-electron chi connectivity index (χ0n) is 12.6. The van der Waals surface area contributed by atoms with Gasteiger partial charge in [-0.2, -0.15) is 0 Å². The van der Waals surface area contributed by atoms with Crippen LogP contribution >= 0.6 is 0 Å². The Morgan fingerprint density at radius 1 is 1.29 bits per heavy atom. The summed E-state index contributed by atoms with van der Waals surface area (Å²) in [7, 11) is 0. The first kappa shape index (κ1) is 15.8. The van der Waals surface area contributed by atoms with Crippen LogP contribution in [0.15, 0.2) is 18.7 Å². The molecule has 1 fully saturated rings. The van der Waals surface area contributed by atoms with Crippen molar-refractivity contribution in [1.82, 2.24) is 9.47 Å². The Bertz CT molecular complexity index is 436. The zero-order valence-corrected chi connectivity index (χ0v) is 12.6. The highest BCUT2D eigenvalue weighted by Gasteiger charge is 2.21. The summed E-state index contributed by atoms with van der Waals surface area (Å²) in [5.74, 6) is 0. The summed E-state index contributed by atoms with van der Waals surface area (Å²) >= 11 is 0. The summed E-state index contributed by atoms with van der Waals surface area (Å²) in [5, 5.41) is 0. The molecule has 0 unspecified atom stereocenters. The molecule has 0 radical (unpaired) electrons. The first-order valence-corrected chi connectivity index (χ1v) is 7.41. The molecule has 7 heteroatoms. The Balaban J connectivity index is 1.61. The zero-order chi connectivity index (χ0) is 14.9. The molecule has 0 bridgehead atoms. The van der Waals surface area contributed by atoms with Crippen LogP contribution in [-0.2, 0) is 27.3 Å². The average molecular weight is 298 g/mol. The molecular formula is C14H24N3O4+. The van der Waals surface area contributed by atoms with E-state index in [0.717, 1.165) is 19.7 Å². The number of hydrogen-bond acceptors (Lipinski definition) is 4. The first-order valence-electron chi connectivity index (χ1n) is 7.41. The number of aromatic nitrogens is 2. The normalized spacial score (nSPS) is 14.7. The van der Waals surface area contributed by atoms with Crippen molar-refractivity contribution in [2.75, 3.05) is 46.1 Å². The molecule has 0 N–H and O–H groups in total. The second-order valence-corrected chi connectivity index (χ2v) is 4.80. The largest absolute Gasteiger partial charge is 0.448 e. The van der Waals surface area contributed by atoms with Crippen molar-refractivity contribution in [3.8, 4) is 0 Å². The Morgan fingerprint density at radius 2 is 2.14 bits per heavy atom. The van der Waals surface area contributed by atoms with Gasteiger partial charge in [0, 0.05) is 6.61 Å². The van der Waals surface area contributed by atoms with Crippen molar-refractivity contribution < 1.29 is 23.6 Å². The van der Waals surface area contributed by atoms with Crippen molar-refractivity contribution in [2.24, 2.45) is 0 Å². The van der Waals surface area contributed by atoms with Crippen molar-refractivity contribution in [3.63, 3.8) is 0 Å². The second kappa shape index (κ2) is 8.63. The van der Waals surface area contributed by atoms with Gasteiger partial charge in [0.2, 0.25) is 6.33 Å². The van der Waals surface area contributed by atoms with Crippen molar-refractivity contribution >= 4 is 6.09 Å². The predicted molar refractivity (Wildman–Crippen MR) is 74.9 cm³/mol. The minimum Gasteiger partial charge on any atom is -0.448 e. The van der Waals surface area contributed by atoms with Gasteiger partial charge in [-0.25, -0.2) is 13.9 Å². The highest BCUT2D eigenvalue weighted by molar-refractivity contribution is 5.69. The van der Waals surface area contributed by atoms with Gasteiger partial charge in [-0.1, -0.05) is 0 Å². The van der Waals surface area contributed by atoms with Gasteiger partial charge in [-0.05, 0) is 6.92 Å². The van der Waals surface area contributed by atoms with Crippen LogP contribution in [0.25, 0.3) is 0 Å². The number of cyclic esters (lactones) is 1. The topological polar surface area (TPSA) is 56.8 Å². The van der Waals surface area contributed by atoms with Gasteiger partial charge < -0.3 is 19.1 Å². The Morgan fingerprint density at radius 3 is 2.90 bits per heavy atom. The fraction of sp³-hybridized carbons (Fsp3) is 0.714. The highest BCUT2D eigenvalue weighted by Crippen LogP contribution is 2.02. The molecule has 1 aromatic heterocycles. The number of hydrogen-bond donors (Lipinski definition) is 0. The molecule has 21 heavy (non-hydrogen) atoms. The Labute approximate surface area is 125 Å². The van der Waals surface area contributed by atoms with Gasteiger partial charge in [0.25, 0.3) is 0 Å². The van der Waals surface area contributed by atoms with E-state index in [0.29, 0.717) is 39.5 Å². The van der Waals surface area contributed by atoms with Crippen LogP contribution in [-0.4, -0.2) is 61.7 Å². The highest BCUT2D eigenvalue weighted by atomic mass is 16.6. The molecular weight excluding hydrogens is 274 g/mol. The van der Waals surface area contributed by atoms with Crippen LogP contribution in [0.2, 0.25) is 0 Å². The molecule has 1 aliphatic rings. The maximum Gasteiger partial charge on any atom is 0.410 e. The summed E-state index contributed by atoms with van der Waals surface area (Å²) in [5.41, 5.74) is 0. The fourth-order valence-electron chi connectivity index (χ4n) is 2.10. The first-order chi connectivity index (χ1) is 10.3. The van der Waals surface area contributed by atoms with E-state index in [2.05, 4.69) is 9.13 Å². The Kier molecular flexibility index (Phi) is 6.49. The Hall–Kier alpha value is -1.60. The fourth-order valence-corrected chi connectivity index (χ4v) is 2.10. The van der Waals surface area contributed by atoms with E-state index in [1.54, 1.807) is 4.90 Å². The lowest BCUT2D eigenvalue weighted by Crippen LogP contribution is -2.34. The number of rotatable bonds is 10. The number of ether oxygens (including phenoxy) is 3. The van der Waals surface area contributed by atoms with E-state index in [1.165, 1.54) is 0 Å². The van der Waals surface area contributed by atoms with Gasteiger partial charge in [0.15, 0.2) is 0 Å². The molecule has 0 spiro atoms. The summed E-state index contributed by atoms with van der Waals surface area (Å²) in [4.78, 5) is 13.0. The van der Waals surface area contributed by atoms with E-state index in [-0.39, 0.29) is 6.09 Å². The van der Waals surface area contributed by atoms with Crippen molar-refractivity contribution in [3.05, 3.63) is 18.7 Å². The molecule has 0 atom stereocenters. The molecule has 118 valence electrons. The van der Waals surface area contributed by atoms with E-state index in [1.807, 2.05) is 25.6 Å². The lowest BCUT2D eigenvalue weighted by molar-refractivity contribution is -0.698. The molecule has 2 rings (SSSR count). The van der Waals surface area contributed by atoms with Crippen LogP contribution in [0.4, 0.5) is 4.79 Å². The van der Waals surface area contributed by atoms with Gasteiger partial charge in [0.05, 0.1) is 32.9 Å². The third-order valence-corrected chi connectivity index (χ3v) is 3.29. The van der Waals surface area contributed by atoms with E-state index in [4.69, 9.17) is 14.2 Å². The number of carbonyl (C=O) groups is 1. The molecule has 0 saturated carbocycles. The molecule has 0 aromatic carbocycles. The SMILES string of the molecule is CCOCCOCC[n+]1ccn(CCN2CCOC2=O)c1. The van der Waals surface area contributed by atoms with Gasteiger partial charge in [0.1, 0.15) is 32.1 Å². The number of amides is 1. The number of nitrogens with zero attached hydrogens (tertiary/aromatic N) is 3. The summed E-state index contributed by atoms with van der Waals surface area (Å²) in [6, 6.07) is 0. The molecule has 2 heterocycles. The van der Waals surface area contributed by atoms with Gasteiger partial charge in [-0.15, -0.1) is 0 Å². The molecule has 1 aliphatic heterocycles. The minimum absolute atomic E-state index is 0.210. The standard InChI is InChI=1S/C14H24N3O4/c1-2-19-11-12-20-9-7-16-4-3-15(13-16)5-6-17-8-10-21-14(17)18/h3-4,13H,2,5-12H2,1H3/q+1. The van der Waals surface area contributed by atoms with Gasteiger partial charge >= 0.3 is 6.09 Å². The van der Waals surface area contributed by atoms with Crippen LogP contribution in [0.3, 0.4) is 0 Å². The van der Waals surface area contributed by atoms with E-state index < -0.39 is 0 Å². The number of carbonyl (C=O) groups excluding carboxylic acids is 1. The smallest absolute Gasteiger partial charge is 0.410 e. The number of imidazole rings is 1. The van der Waals surface area contributed by atoms with Crippen LogP contribution < -0.4 is 4.57 Å². The summed E-state index contributed by atoms with van der Waals surface area (Å²) < 4.78 is 19.7. The van der Waals surface area contributed by atoms with E-state index in [9.17, 15) is 4.79 Å². The van der Waals surface area contributed by atoms with Crippen LogP contribution in [0.1, 0.15) is 6.92 Å². The molecule has 1 saturated heterocycles. The molecule has 7 nitrogen and oxygen atoms in total. The lowest BCUT2D eigenvalue weighted by atomic mass is 10.5. The van der Waals surface area contributed by atoms with Crippen LogP contribution in [0.5, 0.6) is 0 Å². The third-order valence-electron chi connectivity index (χ3n) is 3.29. The summed E-state index contributed by atoms with van der Waals surface area (Å²) in [6.07, 6.45) is 5.82. The van der Waals surface area contributed by atoms with Gasteiger partial charge in [-0.3, -0.25) is 0 Å². The molecule has 0 aliphatic carbocycles. The lowest BCUT2D eigenvalue weighted by Gasteiger charge is -2.09. The average Bonchev–Trinajstić information content (AvgIpc) is 3.09. The minimum atomic E-state index is -0.210. The molecule has 1 aromatic rings. The maximum absolute atomic E-state index is 11.3. The van der Waals surface area contributed by atoms with Crippen molar-refractivity contribution in [1.29, 1.82) is 0 Å². The van der Waals surface area contributed by atoms with Crippen molar-refractivity contribution in [2.45, 2.75) is 20.0 Å². The maximum atomic E-state index is 11.3. The third kappa shape index (κ3) is 5.35. The second-order valence-electron chi connectivity index (χ2n) is 4.80. The predicted octanol–water partition coefficient (Wildman–Crippen LogP) is 0.281. The quantitative estimate of drug-likeness (QED) is 0.460. The van der Waals surface area contributed by atoms with Crippen LogP contribution in [0, 0.1) is 0 Å². The monoisotopic (exact) mass is 298 g/mol. The molecule has 1 amide bonds. The summed E-state index contributed by atoms with van der Waals surface area (Å²) in [6.45, 7) is 8.10.